The van der Waals surface area contributed by atoms with Crippen LogP contribution in [0.2, 0.25) is 0 Å². The van der Waals surface area contributed by atoms with Crippen LogP contribution in [0.25, 0.3) is 0 Å². The van der Waals surface area contributed by atoms with E-state index in [0.29, 0.717) is 16.8 Å². The highest BCUT2D eigenvalue weighted by molar-refractivity contribution is 9.10. The summed E-state index contributed by atoms with van der Waals surface area (Å²) >= 11 is 3.32. The van der Waals surface area contributed by atoms with Gasteiger partial charge in [0.1, 0.15) is 18.2 Å². The third kappa shape index (κ3) is 4.79. The van der Waals surface area contributed by atoms with Crippen LogP contribution in [-0.4, -0.2) is 11.0 Å². The van der Waals surface area contributed by atoms with Crippen LogP contribution in [0.4, 0.5) is 4.39 Å². The number of pyridine rings is 1. The van der Waals surface area contributed by atoms with Gasteiger partial charge in [0, 0.05) is 28.2 Å². The van der Waals surface area contributed by atoms with Gasteiger partial charge >= 0.3 is 0 Å². The number of benzene rings is 1. The molecule has 1 aromatic heterocycles. The van der Waals surface area contributed by atoms with Crippen LogP contribution in [0.5, 0.6) is 5.75 Å². The zero-order valence-corrected chi connectivity index (χ0v) is 13.4. The summed E-state index contributed by atoms with van der Waals surface area (Å²) in [6.45, 7) is 2.42. The second kappa shape index (κ2) is 7.52. The molecule has 2 aromatic rings. The van der Waals surface area contributed by atoms with Crippen molar-refractivity contribution in [2.24, 2.45) is 5.73 Å². The van der Waals surface area contributed by atoms with Crippen LogP contribution in [0.3, 0.4) is 0 Å². The maximum absolute atomic E-state index is 13.0. The summed E-state index contributed by atoms with van der Waals surface area (Å²) in [6, 6.07) is 8.47. The summed E-state index contributed by atoms with van der Waals surface area (Å²) in [5, 5.41) is 0. The molecule has 0 spiro atoms. The highest BCUT2D eigenvalue weighted by Crippen LogP contribution is 2.20. The number of ether oxygens (including phenoxy) is 1. The number of hydrogen-bond donors (Lipinski definition) is 1. The lowest BCUT2D eigenvalue weighted by atomic mass is 10.1. The van der Waals surface area contributed by atoms with Crippen LogP contribution in [-0.2, 0) is 13.0 Å². The number of hydrogen-bond acceptors (Lipinski definition) is 3. The molecule has 0 aliphatic heterocycles. The Hall–Kier alpha value is -1.46. The average Bonchev–Trinajstić information content (AvgIpc) is 2.48. The first-order chi connectivity index (χ1) is 10.1. The van der Waals surface area contributed by atoms with Gasteiger partial charge in [-0.2, -0.15) is 0 Å². The molecule has 0 aliphatic rings. The van der Waals surface area contributed by atoms with Crippen molar-refractivity contribution in [2.75, 3.05) is 0 Å². The van der Waals surface area contributed by atoms with Crippen LogP contribution >= 0.6 is 15.9 Å². The Morgan fingerprint density at radius 1 is 1.33 bits per heavy atom. The van der Waals surface area contributed by atoms with Crippen molar-refractivity contribution >= 4 is 15.9 Å². The zero-order chi connectivity index (χ0) is 15.2. The minimum absolute atomic E-state index is 0.138. The van der Waals surface area contributed by atoms with E-state index in [1.54, 1.807) is 12.3 Å². The minimum atomic E-state index is -0.274. The number of rotatable bonds is 6. The highest BCUT2D eigenvalue weighted by Gasteiger charge is 2.05. The second-order valence-corrected chi connectivity index (χ2v) is 5.74. The molecule has 3 nitrogen and oxygen atoms in total. The van der Waals surface area contributed by atoms with E-state index in [1.165, 1.54) is 12.1 Å². The maximum atomic E-state index is 13.0. The fourth-order valence-corrected chi connectivity index (χ4v) is 2.30. The summed E-state index contributed by atoms with van der Waals surface area (Å²) in [4.78, 5) is 4.34. The van der Waals surface area contributed by atoms with Crippen LogP contribution in [0.1, 0.15) is 24.6 Å². The van der Waals surface area contributed by atoms with Gasteiger partial charge in [-0.05, 0) is 30.7 Å². The van der Waals surface area contributed by atoms with Gasteiger partial charge in [-0.25, -0.2) is 4.39 Å². The summed E-state index contributed by atoms with van der Waals surface area (Å²) in [5.41, 5.74) is 7.74. The molecule has 2 rings (SSSR count). The average molecular weight is 353 g/mol. The molecule has 0 bridgehead atoms. The summed E-state index contributed by atoms with van der Waals surface area (Å²) in [7, 11) is 0. The maximum Gasteiger partial charge on any atom is 0.138 e. The van der Waals surface area contributed by atoms with Crippen molar-refractivity contribution in [3.8, 4) is 5.75 Å². The molecule has 0 fully saturated rings. The molecule has 1 atom stereocenters. The van der Waals surface area contributed by atoms with Crippen molar-refractivity contribution in [2.45, 2.75) is 32.4 Å². The van der Waals surface area contributed by atoms with E-state index in [9.17, 15) is 4.39 Å². The van der Waals surface area contributed by atoms with Crippen LogP contribution in [0, 0.1) is 5.82 Å². The SMILES string of the molecule is CCC(N)Cc1ccc(OCc2ccc(F)cc2Br)cn1. The fraction of sp³-hybridized carbons (Fsp3) is 0.312. The lowest BCUT2D eigenvalue weighted by Crippen LogP contribution is -2.21. The molecular formula is C16H18BrFN2O. The molecule has 1 heterocycles. The predicted octanol–water partition coefficient (Wildman–Crippen LogP) is 3.84. The largest absolute Gasteiger partial charge is 0.487 e. The highest BCUT2D eigenvalue weighted by atomic mass is 79.9. The predicted molar refractivity (Wildman–Crippen MR) is 84.6 cm³/mol. The van der Waals surface area contributed by atoms with E-state index in [1.807, 2.05) is 12.1 Å². The fourth-order valence-electron chi connectivity index (χ4n) is 1.83. The van der Waals surface area contributed by atoms with E-state index < -0.39 is 0 Å². The van der Waals surface area contributed by atoms with Gasteiger partial charge in [0.2, 0.25) is 0 Å². The third-order valence-corrected chi connectivity index (χ3v) is 3.94. The Morgan fingerprint density at radius 2 is 2.14 bits per heavy atom. The Labute approximate surface area is 132 Å². The number of nitrogens with zero attached hydrogens (tertiary/aromatic N) is 1. The van der Waals surface area contributed by atoms with E-state index in [-0.39, 0.29) is 11.9 Å². The molecule has 112 valence electrons. The zero-order valence-electron chi connectivity index (χ0n) is 11.9. The van der Waals surface area contributed by atoms with Gasteiger partial charge in [-0.3, -0.25) is 4.98 Å². The van der Waals surface area contributed by atoms with Gasteiger partial charge in [0.05, 0.1) is 6.20 Å². The molecule has 0 radical (unpaired) electrons. The summed E-state index contributed by atoms with van der Waals surface area (Å²) < 4.78 is 19.3. The molecule has 1 unspecified atom stereocenters. The Kier molecular flexibility index (Phi) is 5.70. The normalized spacial score (nSPS) is 12.2. The number of aromatic nitrogens is 1. The topological polar surface area (TPSA) is 48.1 Å². The van der Waals surface area contributed by atoms with Gasteiger partial charge in [-0.15, -0.1) is 0 Å². The molecule has 0 saturated heterocycles. The quantitative estimate of drug-likeness (QED) is 0.858. The monoisotopic (exact) mass is 352 g/mol. The molecule has 5 heteroatoms. The second-order valence-electron chi connectivity index (χ2n) is 4.88. The lowest BCUT2D eigenvalue weighted by Gasteiger charge is -2.10. The Bertz CT molecular complexity index is 589. The molecule has 0 aliphatic carbocycles. The lowest BCUT2D eigenvalue weighted by molar-refractivity contribution is 0.304. The Balaban J connectivity index is 1.94. The smallest absolute Gasteiger partial charge is 0.138 e. The molecule has 21 heavy (non-hydrogen) atoms. The van der Waals surface area contributed by atoms with Crippen molar-refractivity contribution in [1.82, 2.24) is 4.98 Å². The summed E-state index contributed by atoms with van der Waals surface area (Å²) in [5.74, 6) is 0.406. The van der Waals surface area contributed by atoms with Crippen molar-refractivity contribution < 1.29 is 9.13 Å². The van der Waals surface area contributed by atoms with E-state index in [4.69, 9.17) is 10.5 Å². The van der Waals surface area contributed by atoms with Gasteiger partial charge in [0.25, 0.3) is 0 Å². The van der Waals surface area contributed by atoms with Gasteiger partial charge in [0.15, 0.2) is 0 Å². The van der Waals surface area contributed by atoms with Gasteiger partial charge < -0.3 is 10.5 Å². The van der Waals surface area contributed by atoms with E-state index in [2.05, 4.69) is 27.8 Å². The molecule has 2 N–H and O–H groups in total. The number of halogens is 2. The van der Waals surface area contributed by atoms with Crippen molar-refractivity contribution in [3.05, 3.63) is 58.1 Å². The van der Waals surface area contributed by atoms with Crippen molar-refractivity contribution in [3.63, 3.8) is 0 Å². The Morgan fingerprint density at radius 3 is 2.76 bits per heavy atom. The molecule has 0 amide bonds. The van der Waals surface area contributed by atoms with E-state index >= 15 is 0 Å². The van der Waals surface area contributed by atoms with Crippen LogP contribution < -0.4 is 10.5 Å². The minimum Gasteiger partial charge on any atom is -0.487 e. The molecular weight excluding hydrogens is 335 g/mol. The molecule has 1 aromatic carbocycles. The van der Waals surface area contributed by atoms with Crippen LogP contribution in [0.15, 0.2) is 41.0 Å². The van der Waals surface area contributed by atoms with Gasteiger partial charge in [-0.1, -0.05) is 28.9 Å². The first-order valence-electron chi connectivity index (χ1n) is 6.85. The first kappa shape index (κ1) is 15.9. The third-order valence-electron chi connectivity index (χ3n) is 3.20. The first-order valence-corrected chi connectivity index (χ1v) is 7.65. The number of nitrogens with two attached hydrogens (primary N) is 1. The standard InChI is InChI=1S/C16H18BrFN2O/c1-2-13(19)8-14-5-6-15(9-20-14)21-10-11-3-4-12(18)7-16(11)17/h3-7,9,13H,2,8,10,19H2,1H3. The summed E-state index contributed by atoms with van der Waals surface area (Å²) in [6.07, 6.45) is 3.38. The molecule has 0 saturated carbocycles. The van der Waals surface area contributed by atoms with Crippen molar-refractivity contribution in [1.29, 1.82) is 0 Å². The van der Waals surface area contributed by atoms with E-state index in [0.717, 1.165) is 24.1 Å².